The van der Waals surface area contributed by atoms with Crippen LogP contribution in [0.15, 0.2) is 22.7 Å². The van der Waals surface area contributed by atoms with Crippen LogP contribution in [0.3, 0.4) is 0 Å². The first kappa shape index (κ1) is 16.8. The zero-order valence-corrected chi connectivity index (χ0v) is 13.1. The largest absolute Gasteiger partial charge is 0.480 e. The number of benzene rings is 1. The summed E-state index contributed by atoms with van der Waals surface area (Å²) in [6.45, 7) is 0. The summed E-state index contributed by atoms with van der Waals surface area (Å²) < 4.78 is 13.3. The van der Waals surface area contributed by atoms with Crippen molar-refractivity contribution >= 4 is 45.4 Å². The number of urea groups is 1. The zero-order chi connectivity index (χ0) is 15.1. The zero-order valence-electron chi connectivity index (χ0n) is 10.7. The highest BCUT2D eigenvalue weighted by Gasteiger charge is 2.19. The Morgan fingerprint density at radius 2 is 2.20 bits per heavy atom. The fraction of sp³-hybridized carbons (Fsp3) is 0.333. The number of halogens is 2. The molecule has 0 heterocycles. The molecule has 0 bridgehead atoms. The molecule has 0 saturated heterocycles. The van der Waals surface area contributed by atoms with Gasteiger partial charge < -0.3 is 15.7 Å². The maximum absolute atomic E-state index is 13.0. The third kappa shape index (κ3) is 5.38. The van der Waals surface area contributed by atoms with Crippen LogP contribution in [0.2, 0.25) is 0 Å². The molecule has 0 aromatic heterocycles. The van der Waals surface area contributed by atoms with E-state index in [-0.39, 0.29) is 4.47 Å². The molecule has 0 aliphatic heterocycles. The Labute approximate surface area is 128 Å². The lowest BCUT2D eigenvalue weighted by Gasteiger charge is -2.14. The van der Waals surface area contributed by atoms with E-state index in [1.807, 2.05) is 6.26 Å². The number of amides is 2. The van der Waals surface area contributed by atoms with Gasteiger partial charge in [0.2, 0.25) is 0 Å². The number of carbonyl (C=O) groups is 2. The average molecular weight is 365 g/mol. The van der Waals surface area contributed by atoms with Gasteiger partial charge in [0.15, 0.2) is 0 Å². The normalized spacial score (nSPS) is 11.8. The molecular formula is C12H14BrFN2O3S. The standard InChI is InChI=1S/C12H14BrFN2O3S/c1-20-5-4-10(11(17)18)16-12(19)15-7-2-3-9(14)8(13)6-7/h2-3,6,10H,4-5H2,1H3,(H,17,18)(H2,15,16,19)/t10-/m0/s1. The molecule has 3 N–H and O–H groups in total. The van der Waals surface area contributed by atoms with Gasteiger partial charge in [-0.15, -0.1) is 0 Å². The van der Waals surface area contributed by atoms with Gasteiger partial charge in [0.25, 0.3) is 0 Å². The van der Waals surface area contributed by atoms with E-state index in [0.29, 0.717) is 17.9 Å². The van der Waals surface area contributed by atoms with Crippen molar-refractivity contribution in [2.24, 2.45) is 0 Å². The SMILES string of the molecule is CSCC[C@H](NC(=O)Nc1ccc(F)c(Br)c1)C(=O)O. The van der Waals surface area contributed by atoms with Crippen molar-refractivity contribution in [3.05, 3.63) is 28.5 Å². The number of hydrogen-bond acceptors (Lipinski definition) is 3. The highest BCUT2D eigenvalue weighted by molar-refractivity contribution is 9.10. The maximum atomic E-state index is 13.0. The van der Waals surface area contributed by atoms with Crippen molar-refractivity contribution < 1.29 is 19.1 Å². The molecule has 0 fully saturated rings. The molecule has 1 aromatic rings. The van der Waals surface area contributed by atoms with Crippen LogP contribution in [0.1, 0.15) is 6.42 Å². The van der Waals surface area contributed by atoms with Crippen LogP contribution in [0.5, 0.6) is 0 Å². The van der Waals surface area contributed by atoms with Crippen LogP contribution < -0.4 is 10.6 Å². The first-order valence-corrected chi connectivity index (χ1v) is 7.87. The molecule has 110 valence electrons. The number of nitrogens with one attached hydrogen (secondary N) is 2. The predicted octanol–water partition coefficient (Wildman–Crippen LogP) is 2.92. The van der Waals surface area contributed by atoms with E-state index in [1.165, 1.54) is 30.0 Å². The smallest absolute Gasteiger partial charge is 0.326 e. The van der Waals surface area contributed by atoms with Crippen molar-refractivity contribution in [2.45, 2.75) is 12.5 Å². The van der Waals surface area contributed by atoms with Gasteiger partial charge in [-0.3, -0.25) is 0 Å². The second-order valence-corrected chi connectivity index (χ2v) is 5.74. The number of anilines is 1. The minimum Gasteiger partial charge on any atom is -0.480 e. The molecule has 1 aromatic carbocycles. The van der Waals surface area contributed by atoms with Crippen LogP contribution in [0.4, 0.5) is 14.9 Å². The van der Waals surface area contributed by atoms with Gasteiger partial charge in [-0.1, -0.05) is 0 Å². The average Bonchev–Trinajstić information content (AvgIpc) is 2.38. The molecule has 0 spiro atoms. The van der Waals surface area contributed by atoms with Crippen molar-refractivity contribution in [3.8, 4) is 0 Å². The fourth-order valence-electron chi connectivity index (χ4n) is 1.39. The van der Waals surface area contributed by atoms with Crippen LogP contribution in [0.25, 0.3) is 0 Å². The molecule has 0 aliphatic rings. The van der Waals surface area contributed by atoms with Gasteiger partial charge in [-0.05, 0) is 52.6 Å². The van der Waals surface area contributed by atoms with Crippen LogP contribution in [-0.2, 0) is 4.79 Å². The van der Waals surface area contributed by atoms with E-state index in [0.717, 1.165) is 0 Å². The Balaban J connectivity index is 2.60. The second kappa shape index (κ2) is 8.11. The Bertz CT molecular complexity index is 502. The summed E-state index contributed by atoms with van der Waals surface area (Å²) >= 11 is 4.50. The highest BCUT2D eigenvalue weighted by atomic mass is 79.9. The molecule has 2 amide bonds. The molecule has 0 radical (unpaired) electrons. The summed E-state index contributed by atoms with van der Waals surface area (Å²) in [4.78, 5) is 22.7. The number of hydrogen-bond donors (Lipinski definition) is 3. The Hall–Kier alpha value is -1.28. The van der Waals surface area contributed by atoms with Crippen molar-refractivity contribution in [2.75, 3.05) is 17.3 Å². The molecule has 1 rings (SSSR count). The number of thioether (sulfide) groups is 1. The van der Waals surface area contributed by atoms with Gasteiger partial charge in [-0.25, -0.2) is 14.0 Å². The first-order chi connectivity index (χ1) is 9.43. The summed E-state index contributed by atoms with van der Waals surface area (Å²) in [5.74, 6) is -0.909. The lowest BCUT2D eigenvalue weighted by molar-refractivity contribution is -0.139. The molecule has 8 heteroatoms. The van der Waals surface area contributed by atoms with Gasteiger partial charge in [-0.2, -0.15) is 11.8 Å². The summed E-state index contributed by atoms with van der Waals surface area (Å²) in [5, 5.41) is 13.8. The van der Waals surface area contributed by atoms with E-state index in [4.69, 9.17) is 5.11 Å². The number of carbonyl (C=O) groups excluding carboxylic acids is 1. The van der Waals surface area contributed by atoms with Gasteiger partial charge in [0.05, 0.1) is 4.47 Å². The van der Waals surface area contributed by atoms with Crippen molar-refractivity contribution in [1.82, 2.24) is 5.32 Å². The van der Waals surface area contributed by atoms with E-state index in [2.05, 4.69) is 26.6 Å². The summed E-state index contributed by atoms with van der Waals surface area (Å²) in [5.41, 5.74) is 0.366. The van der Waals surface area contributed by atoms with Crippen LogP contribution >= 0.6 is 27.7 Å². The minimum absolute atomic E-state index is 0.215. The summed E-state index contributed by atoms with van der Waals surface area (Å²) in [6.07, 6.45) is 2.19. The molecule has 5 nitrogen and oxygen atoms in total. The third-order valence-corrected chi connectivity index (χ3v) is 3.64. The molecule has 1 atom stereocenters. The molecular weight excluding hydrogens is 351 g/mol. The third-order valence-electron chi connectivity index (χ3n) is 2.39. The van der Waals surface area contributed by atoms with E-state index >= 15 is 0 Å². The van der Waals surface area contributed by atoms with E-state index in [9.17, 15) is 14.0 Å². The first-order valence-electron chi connectivity index (χ1n) is 5.68. The molecule has 0 aliphatic carbocycles. The van der Waals surface area contributed by atoms with Crippen LogP contribution in [0, 0.1) is 5.82 Å². The highest BCUT2D eigenvalue weighted by Crippen LogP contribution is 2.19. The quantitative estimate of drug-likeness (QED) is 0.724. The van der Waals surface area contributed by atoms with Gasteiger partial charge in [0, 0.05) is 5.69 Å². The predicted molar refractivity (Wildman–Crippen MR) is 80.7 cm³/mol. The van der Waals surface area contributed by atoms with E-state index < -0.39 is 23.9 Å². The van der Waals surface area contributed by atoms with E-state index in [1.54, 1.807) is 0 Å². The number of aliphatic carboxylic acids is 1. The lowest BCUT2D eigenvalue weighted by atomic mass is 10.2. The second-order valence-electron chi connectivity index (χ2n) is 3.90. The summed E-state index contributed by atoms with van der Waals surface area (Å²) in [7, 11) is 0. The number of carboxylic acids is 1. The molecule has 20 heavy (non-hydrogen) atoms. The number of carboxylic acid groups (broad SMARTS) is 1. The fourth-order valence-corrected chi connectivity index (χ4v) is 2.24. The van der Waals surface area contributed by atoms with Gasteiger partial charge in [0.1, 0.15) is 11.9 Å². The summed E-state index contributed by atoms with van der Waals surface area (Å²) in [6, 6.07) is 2.38. The van der Waals surface area contributed by atoms with Crippen LogP contribution in [-0.4, -0.2) is 35.2 Å². The number of rotatable bonds is 6. The maximum Gasteiger partial charge on any atom is 0.326 e. The van der Waals surface area contributed by atoms with Crippen molar-refractivity contribution in [3.63, 3.8) is 0 Å². The monoisotopic (exact) mass is 364 g/mol. The molecule has 0 unspecified atom stereocenters. The molecule has 0 saturated carbocycles. The Morgan fingerprint density at radius 3 is 2.75 bits per heavy atom. The van der Waals surface area contributed by atoms with Gasteiger partial charge >= 0.3 is 12.0 Å². The Kier molecular flexibility index (Phi) is 6.80. The minimum atomic E-state index is -1.09. The van der Waals surface area contributed by atoms with Crippen molar-refractivity contribution in [1.29, 1.82) is 0 Å². The lowest BCUT2D eigenvalue weighted by Crippen LogP contribution is -2.43. The topological polar surface area (TPSA) is 78.4 Å². The Morgan fingerprint density at radius 1 is 1.50 bits per heavy atom.